The van der Waals surface area contributed by atoms with Crippen LogP contribution in [0, 0.1) is 0 Å². The van der Waals surface area contributed by atoms with Crippen LogP contribution in [0.5, 0.6) is 0 Å². The van der Waals surface area contributed by atoms with E-state index >= 15 is 0 Å². The molecule has 10 heavy (non-hydrogen) atoms. The third kappa shape index (κ3) is 1.93. The van der Waals surface area contributed by atoms with Gasteiger partial charge < -0.3 is 14.2 Å². The third-order valence-corrected chi connectivity index (χ3v) is 1.05. The summed E-state index contributed by atoms with van der Waals surface area (Å²) < 4.78 is 13.8. The molecular weight excluding hydrogens is 156 g/mol. The fourth-order valence-electron chi connectivity index (χ4n) is 0.540. The van der Waals surface area contributed by atoms with Gasteiger partial charge in [-0.15, -0.1) is 0 Å². The summed E-state index contributed by atoms with van der Waals surface area (Å²) >= 11 is 4.48. The molecule has 0 aromatic carbocycles. The number of carbonyl (C=O) groups excluding carboxylic acids is 1. The molecule has 1 aliphatic rings. The molecule has 0 aromatic heterocycles. The quantitative estimate of drug-likeness (QED) is 0.446. The van der Waals surface area contributed by atoms with E-state index in [4.69, 9.17) is 4.74 Å². The summed E-state index contributed by atoms with van der Waals surface area (Å²) in [6, 6.07) is 0. The van der Waals surface area contributed by atoms with E-state index in [9.17, 15) is 4.79 Å². The lowest BCUT2D eigenvalue weighted by Crippen LogP contribution is -2.15. The molecule has 0 amide bonds. The van der Waals surface area contributed by atoms with Crippen LogP contribution in [0.25, 0.3) is 0 Å². The first kappa shape index (κ1) is 7.43. The van der Waals surface area contributed by atoms with Crippen molar-refractivity contribution >= 4 is 23.7 Å². The monoisotopic (exact) mass is 162 g/mol. The number of rotatable bonds is 3. The van der Waals surface area contributed by atoms with Gasteiger partial charge in [-0.2, -0.15) is 0 Å². The summed E-state index contributed by atoms with van der Waals surface area (Å²) in [6.45, 7) is 0.443. The lowest BCUT2D eigenvalue weighted by Gasteiger charge is -2.03. The first-order valence-electron chi connectivity index (χ1n) is 2.71. The maximum atomic E-state index is 10.3. The molecule has 1 fully saturated rings. The second-order valence-electron chi connectivity index (χ2n) is 1.61. The molecule has 0 spiro atoms. The summed E-state index contributed by atoms with van der Waals surface area (Å²) in [5.74, 6) is 0. The average molecular weight is 162 g/mol. The van der Waals surface area contributed by atoms with Gasteiger partial charge in [-0.25, -0.2) is 4.79 Å². The minimum Gasteiger partial charge on any atom is -0.428 e. The van der Waals surface area contributed by atoms with E-state index in [1.807, 2.05) is 0 Å². The van der Waals surface area contributed by atoms with Gasteiger partial charge in [0.25, 0.3) is 0 Å². The van der Waals surface area contributed by atoms with Crippen molar-refractivity contribution in [3.63, 3.8) is 0 Å². The van der Waals surface area contributed by atoms with Crippen LogP contribution in [0.1, 0.15) is 0 Å². The van der Waals surface area contributed by atoms with E-state index in [1.165, 1.54) is 5.37 Å². The second kappa shape index (κ2) is 3.48. The van der Waals surface area contributed by atoms with Crippen LogP contribution in [0.4, 0.5) is 4.79 Å². The highest BCUT2D eigenvalue weighted by Crippen LogP contribution is 2.06. The lowest BCUT2D eigenvalue weighted by molar-refractivity contribution is -0.0607. The summed E-state index contributed by atoms with van der Waals surface area (Å²) in [7, 11) is 0. The molecule has 1 atom stereocenters. The Morgan fingerprint density at radius 2 is 2.70 bits per heavy atom. The van der Waals surface area contributed by atoms with Gasteiger partial charge in [-0.1, -0.05) is 12.2 Å². The van der Waals surface area contributed by atoms with E-state index in [0.29, 0.717) is 0 Å². The van der Waals surface area contributed by atoms with Gasteiger partial charge in [0.1, 0.15) is 0 Å². The molecule has 1 saturated heterocycles. The lowest BCUT2D eigenvalue weighted by atomic mass is 10.7. The van der Waals surface area contributed by atoms with Crippen molar-refractivity contribution in [3.8, 4) is 0 Å². The van der Waals surface area contributed by atoms with E-state index in [-0.39, 0.29) is 13.2 Å². The molecule has 5 heteroatoms. The van der Waals surface area contributed by atoms with Crippen molar-refractivity contribution in [3.05, 3.63) is 0 Å². The van der Waals surface area contributed by atoms with E-state index < -0.39 is 12.4 Å². The highest BCUT2D eigenvalue weighted by atomic mass is 32.1. The van der Waals surface area contributed by atoms with Crippen LogP contribution in [0.15, 0.2) is 0 Å². The van der Waals surface area contributed by atoms with Crippen LogP contribution in [-0.4, -0.2) is 31.0 Å². The normalized spacial score (nSPS) is 23.6. The molecule has 1 aliphatic heterocycles. The van der Waals surface area contributed by atoms with Gasteiger partial charge >= 0.3 is 6.16 Å². The molecule has 0 aromatic rings. The van der Waals surface area contributed by atoms with Gasteiger partial charge in [0.15, 0.2) is 6.61 Å². The summed E-state index contributed by atoms with van der Waals surface area (Å²) in [5, 5.41) is 1.41. The molecule has 0 bridgehead atoms. The zero-order chi connectivity index (χ0) is 7.40. The molecule has 0 radical (unpaired) electrons. The molecule has 0 saturated carbocycles. The molecule has 1 heterocycles. The zero-order valence-electron chi connectivity index (χ0n) is 5.11. The Bertz CT molecular complexity index is 147. The van der Waals surface area contributed by atoms with Crippen LogP contribution >= 0.6 is 12.2 Å². The van der Waals surface area contributed by atoms with Crippen molar-refractivity contribution in [2.75, 3.05) is 13.2 Å². The Balaban J connectivity index is 2.18. The predicted octanol–water partition coefficient (Wildman–Crippen LogP) is 0.496. The van der Waals surface area contributed by atoms with E-state index in [1.54, 1.807) is 0 Å². The highest BCUT2D eigenvalue weighted by molar-refractivity contribution is 7.79. The molecule has 1 rings (SSSR count). The second-order valence-corrected chi connectivity index (χ2v) is 1.94. The summed E-state index contributed by atoms with van der Waals surface area (Å²) in [5.41, 5.74) is 0. The van der Waals surface area contributed by atoms with Crippen molar-refractivity contribution < 1.29 is 19.0 Å². The molecule has 1 unspecified atom stereocenters. The molecule has 56 valence electrons. The number of hydrogen-bond donors (Lipinski definition) is 0. The molecule has 0 N–H and O–H groups in total. The van der Waals surface area contributed by atoms with Crippen molar-refractivity contribution in [1.82, 2.24) is 0 Å². The Labute approximate surface area is 63.1 Å². The Morgan fingerprint density at radius 1 is 1.90 bits per heavy atom. The average Bonchev–Trinajstić information content (AvgIpc) is 2.31. The number of cyclic esters (lactones) is 2. The Kier molecular flexibility index (Phi) is 2.58. The summed E-state index contributed by atoms with van der Waals surface area (Å²) in [6.07, 6.45) is -1.26. The van der Waals surface area contributed by atoms with Crippen LogP contribution in [0.2, 0.25) is 0 Å². The molecule has 4 nitrogen and oxygen atoms in total. The Hall–Kier alpha value is -0.680. The molecular formula is C5H6O4S. The minimum absolute atomic E-state index is 0.155. The highest BCUT2D eigenvalue weighted by Gasteiger charge is 2.24. The number of carbonyl (C=O) groups is 1. The number of hydrogen-bond acceptors (Lipinski definition) is 5. The topological polar surface area (TPSA) is 44.8 Å². The fraction of sp³-hybridized carbons (Fsp3) is 0.600. The SMILES string of the molecule is O=C1OCC(OCC=S)O1. The van der Waals surface area contributed by atoms with Crippen LogP contribution < -0.4 is 0 Å². The largest absolute Gasteiger partial charge is 0.510 e. The van der Waals surface area contributed by atoms with Crippen molar-refractivity contribution in [1.29, 1.82) is 0 Å². The van der Waals surface area contributed by atoms with E-state index in [2.05, 4.69) is 21.7 Å². The van der Waals surface area contributed by atoms with E-state index in [0.717, 1.165) is 0 Å². The van der Waals surface area contributed by atoms with Gasteiger partial charge in [0, 0.05) is 5.37 Å². The zero-order valence-corrected chi connectivity index (χ0v) is 5.93. The van der Waals surface area contributed by atoms with Crippen molar-refractivity contribution in [2.24, 2.45) is 0 Å². The maximum absolute atomic E-state index is 10.3. The summed E-state index contributed by atoms with van der Waals surface area (Å²) in [4.78, 5) is 10.3. The standard InChI is InChI=1S/C5H6O4S/c6-5-8-3-4(9-5)7-1-2-10/h2,4H,1,3H2. The molecule has 0 aliphatic carbocycles. The van der Waals surface area contributed by atoms with Crippen LogP contribution in [0.3, 0.4) is 0 Å². The third-order valence-electron chi connectivity index (χ3n) is 0.915. The number of thiocarbonyl (C=S) groups is 1. The van der Waals surface area contributed by atoms with Crippen molar-refractivity contribution in [2.45, 2.75) is 6.29 Å². The predicted molar refractivity (Wildman–Crippen MR) is 35.8 cm³/mol. The van der Waals surface area contributed by atoms with Gasteiger partial charge in [-0.05, 0) is 0 Å². The number of ether oxygens (including phenoxy) is 3. The van der Waals surface area contributed by atoms with Crippen LogP contribution in [-0.2, 0) is 14.2 Å². The van der Waals surface area contributed by atoms with Gasteiger partial charge in [-0.3, -0.25) is 0 Å². The Morgan fingerprint density at radius 3 is 3.20 bits per heavy atom. The first-order valence-corrected chi connectivity index (χ1v) is 3.18. The smallest absolute Gasteiger partial charge is 0.428 e. The fourth-order valence-corrected chi connectivity index (χ4v) is 0.619. The first-order chi connectivity index (χ1) is 4.83. The maximum Gasteiger partial charge on any atom is 0.510 e. The van der Waals surface area contributed by atoms with Gasteiger partial charge in [0.2, 0.25) is 6.29 Å². The minimum atomic E-state index is -0.686. The van der Waals surface area contributed by atoms with Gasteiger partial charge in [0.05, 0.1) is 6.61 Å².